The van der Waals surface area contributed by atoms with E-state index in [0.29, 0.717) is 33.8 Å². The van der Waals surface area contributed by atoms with Crippen molar-refractivity contribution in [3.8, 4) is 23.0 Å². The van der Waals surface area contributed by atoms with Crippen LogP contribution >= 0.6 is 102 Å². The zero-order chi connectivity index (χ0) is 23.6. The number of ether oxygens (including phenoxy) is 2. The van der Waals surface area contributed by atoms with E-state index in [1.165, 1.54) is 24.3 Å². The van der Waals surface area contributed by atoms with Crippen LogP contribution in [-0.4, -0.2) is 16.2 Å². The van der Waals surface area contributed by atoms with Gasteiger partial charge in [-0.2, -0.15) is 0 Å². The van der Waals surface area contributed by atoms with Gasteiger partial charge in [-0.3, -0.25) is 0 Å². The summed E-state index contributed by atoms with van der Waals surface area (Å²) in [6.07, 6.45) is 0. The molecule has 5 nitrogen and oxygen atoms in total. The number of benzene rings is 3. The number of halogens is 6. The van der Waals surface area contributed by atoms with Crippen LogP contribution in [0, 0.1) is 0 Å². The van der Waals surface area contributed by atoms with Crippen molar-refractivity contribution in [1.82, 2.24) is 0 Å². The monoisotopic (exact) mass is 966 g/mol. The Hall–Kier alpha value is 0.549. The summed E-state index contributed by atoms with van der Waals surface area (Å²) in [6, 6.07) is 16.6. The van der Waals surface area contributed by atoms with E-state index in [1.54, 1.807) is 24.3 Å². The third-order valence-corrected chi connectivity index (χ3v) is 4.68. The molecule has 0 aromatic heterocycles. The summed E-state index contributed by atoms with van der Waals surface area (Å²) in [5.74, 6) is 0.408. The van der Waals surface area contributed by atoms with E-state index in [9.17, 15) is 15.0 Å². The summed E-state index contributed by atoms with van der Waals surface area (Å²) in [5.41, 5.74) is 1.28. The van der Waals surface area contributed by atoms with Crippen molar-refractivity contribution in [3.05, 3.63) is 82.9 Å². The van der Waals surface area contributed by atoms with E-state index in [4.69, 9.17) is 29.7 Å². The van der Waals surface area contributed by atoms with Gasteiger partial charge in [0.2, 0.25) is 0 Å². The van der Waals surface area contributed by atoms with Gasteiger partial charge in [-0.1, -0.05) is 18.2 Å². The van der Waals surface area contributed by atoms with Crippen LogP contribution in [0.15, 0.2) is 60.7 Å². The van der Waals surface area contributed by atoms with Crippen LogP contribution in [0.2, 0.25) is 0 Å². The van der Waals surface area contributed by atoms with Crippen LogP contribution in [0.3, 0.4) is 0 Å². The number of fused-ring (bicyclic) bond motifs is 6. The zero-order valence-corrected chi connectivity index (χ0v) is 26.8. The molecule has 0 unspecified atom stereocenters. The van der Waals surface area contributed by atoms with Crippen LogP contribution in [0.25, 0.3) is 0 Å². The third kappa shape index (κ3) is 5.68. The van der Waals surface area contributed by atoms with Crippen molar-refractivity contribution in [3.63, 3.8) is 0 Å². The Labute approximate surface area is 235 Å². The Balaban J connectivity index is 0.000000307. The fourth-order valence-corrected chi connectivity index (χ4v) is 3.65. The van der Waals surface area contributed by atoms with Gasteiger partial charge in [0.15, 0.2) is 5.60 Å². The van der Waals surface area contributed by atoms with E-state index >= 15 is 0 Å². The first-order valence-corrected chi connectivity index (χ1v) is 25.9. The molecule has 2 aliphatic rings. The number of carbonyl (C=O) groups excluding carboxylic acids is 1. The van der Waals surface area contributed by atoms with E-state index in [-0.39, 0.29) is 11.5 Å². The summed E-state index contributed by atoms with van der Waals surface area (Å²) in [4.78, 5) is 12.5. The zero-order valence-electron chi connectivity index (χ0n) is 15.5. The first-order chi connectivity index (χ1) is 14.5. The van der Waals surface area contributed by atoms with Crippen molar-refractivity contribution < 1.29 is 20.4 Å². The molecule has 32 heavy (non-hydrogen) atoms. The number of rotatable bonds is 0. The maximum atomic E-state index is 12.5. The number of esters is 1. The molecule has 12 heteroatoms. The molecule has 0 fully saturated rings. The van der Waals surface area contributed by atoms with Gasteiger partial charge in [0.1, 0.15) is 23.0 Å². The second-order valence-corrected chi connectivity index (χ2v) is 97.7. The molecular weight excluding hydrogens is 955 g/mol. The number of aromatic hydroxyl groups is 2. The van der Waals surface area contributed by atoms with Gasteiger partial charge in [-0.25, -0.2) is 4.79 Å². The average molecular weight is 967 g/mol. The van der Waals surface area contributed by atoms with Gasteiger partial charge in [0.05, 0.1) is 5.56 Å². The van der Waals surface area contributed by atoms with Crippen molar-refractivity contribution in [2.45, 2.75) is 5.60 Å². The minimum atomic E-state index is -2.93. The molecule has 172 valence electrons. The predicted octanol–water partition coefficient (Wildman–Crippen LogP) is 8.59. The van der Waals surface area contributed by atoms with Gasteiger partial charge in [0.25, 0.3) is 0 Å². The van der Waals surface area contributed by atoms with Gasteiger partial charge < -0.3 is 19.7 Å². The summed E-state index contributed by atoms with van der Waals surface area (Å²) < 4.78 is 8.85. The fraction of sp³-hybridized carbons (Fsp3) is 0.0500. The van der Waals surface area contributed by atoms with Gasteiger partial charge in [-0.05, 0) is 30.3 Å². The van der Waals surface area contributed by atoms with Crippen LogP contribution in [0.4, 0.5) is 0 Å². The Kier molecular flexibility index (Phi) is 6.43. The van der Waals surface area contributed by atoms with Crippen LogP contribution in [0.1, 0.15) is 27.0 Å². The molecule has 3 aromatic carbocycles. The molecule has 0 atom stereocenters. The molecule has 2 heterocycles. The van der Waals surface area contributed by atoms with E-state index in [1.807, 2.05) is 12.1 Å². The minimum absolute atomic E-state index is 0.0371. The quantitative estimate of drug-likeness (QED) is 0.134. The summed E-state index contributed by atoms with van der Waals surface area (Å²) in [6.45, 7) is 0. The predicted molar refractivity (Wildman–Crippen MR) is 156 cm³/mol. The topological polar surface area (TPSA) is 76.0 Å². The maximum absolute atomic E-state index is 12.5. The molecule has 0 saturated carbocycles. The van der Waals surface area contributed by atoms with Crippen LogP contribution in [-0.2, 0) is 6.25 Å². The normalized spacial score (nSPS) is 17.4. The molecule has 0 aliphatic carbocycles. The van der Waals surface area contributed by atoms with Crippen LogP contribution in [0.5, 0.6) is 23.0 Å². The molecule has 5 rings (SSSR count). The van der Waals surface area contributed by atoms with Crippen LogP contribution < -0.4 is 4.74 Å². The molecule has 2 aliphatic heterocycles. The van der Waals surface area contributed by atoms with E-state index in [0.717, 1.165) is 0 Å². The van der Waals surface area contributed by atoms with Crippen molar-refractivity contribution >= 4 is 108 Å². The Morgan fingerprint density at radius 3 is 1.75 bits per heavy atom. The van der Waals surface area contributed by atoms with E-state index < -0.39 is 7.48 Å². The molecule has 0 radical (unpaired) electrons. The number of phenols is 2. The second kappa shape index (κ2) is 8.03. The van der Waals surface area contributed by atoms with Crippen molar-refractivity contribution in [1.29, 1.82) is 0 Å². The Morgan fingerprint density at radius 1 is 0.781 bits per heavy atom. The molecule has 0 saturated heterocycles. The third-order valence-electron chi connectivity index (χ3n) is 4.68. The Bertz CT molecular complexity index is 1220. The van der Waals surface area contributed by atoms with Crippen molar-refractivity contribution in [2.75, 3.05) is 0 Å². The molecule has 3 aromatic rings. The van der Waals surface area contributed by atoms with E-state index in [2.05, 4.69) is 81.4 Å². The first kappa shape index (κ1) is 25.6. The summed E-state index contributed by atoms with van der Waals surface area (Å²) >= 11 is 8.33. The first-order valence-electron chi connectivity index (χ1n) is 8.57. The van der Waals surface area contributed by atoms with Gasteiger partial charge >= 0.3 is 103 Å². The molecule has 1 spiro atoms. The number of carbonyl (C=O) groups is 1. The molecule has 0 amide bonds. The molecule has 0 bridgehead atoms. The molecule has 2 N–H and O–H groups in total. The summed E-state index contributed by atoms with van der Waals surface area (Å²) in [7, 11) is 11.8. The summed E-state index contributed by atoms with van der Waals surface area (Å²) in [5, 5.41) is 19.7. The Morgan fingerprint density at radius 2 is 1.25 bits per heavy atom. The second-order valence-electron chi connectivity index (χ2n) is 6.84. The van der Waals surface area contributed by atoms with Gasteiger partial charge in [-0.15, -0.1) is 0 Å². The van der Waals surface area contributed by atoms with Gasteiger partial charge in [0, 0.05) is 28.8 Å². The standard InChI is InChI=1S/C20H12O5.2ClH.Fe.4HI/c21-11-5-7-15-17(9-11)24-18-10-12(22)6-8-16(18)20(15)14-4-2-1-3-13(14)19(23)25-20;;;;;;;/h1-10,21-22H;2*1H;;4*1H/q;;;+6;;;;/p-6. The number of hydrogen-bond acceptors (Lipinski definition) is 5. The fourth-order valence-electron chi connectivity index (χ4n) is 3.65. The SMILES string of the molecule is O=C1OC2(c3ccc(O)cc3Oc3cc(O)ccc32)c2ccccc21.[Cl][Fe]([Cl])([I])([I])([I])[I]. The number of hydrogen-bond donors (Lipinski definition) is 2. The van der Waals surface area contributed by atoms with Crippen molar-refractivity contribution in [2.24, 2.45) is 0 Å². The number of phenolic OH excluding ortho intramolecular Hbond substituents is 2. The average Bonchev–Trinajstić information content (AvgIpc) is 2.92. The molecular formula is C20H12Cl2FeI4O5.